The molecule has 0 spiro atoms. The molecule has 18 heavy (non-hydrogen) atoms. The van der Waals surface area contributed by atoms with Crippen LogP contribution in [0.3, 0.4) is 0 Å². The van der Waals surface area contributed by atoms with Gasteiger partial charge in [0.15, 0.2) is 0 Å². The number of nitrogens with zero attached hydrogens (tertiary/aromatic N) is 2. The van der Waals surface area contributed by atoms with E-state index in [1.165, 1.54) is 0 Å². The lowest BCUT2D eigenvalue weighted by atomic mass is 10.2. The summed E-state index contributed by atoms with van der Waals surface area (Å²) in [5.74, 6) is 0. The minimum Gasteiger partial charge on any atom is -0.381 e. The lowest BCUT2D eigenvalue weighted by Gasteiger charge is -2.07. The Morgan fingerprint density at radius 2 is 2.11 bits per heavy atom. The van der Waals surface area contributed by atoms with Crippen LogP contribution in [-0.4, -0.2) is 9.78 Å². The summed E-state index contributed by atoms with van der Waals surface area (Å²) in [6.45, 7) is 2.56. The molecular weight excluding hydrogens is 337 g/mol. The van der Waals surface area contributed by atoms with Crippen molar-refractivity contribution < 1.29 is 0 Å². The fourth-order valence-electron chi connectivity index (χ4n) is 1.67. The fraction of sp³-hybridized carbons (Fsp3) is 0.250. The average Bonchev–Trinajstić information content (AvgIpc) is 2.56. The largest absolute Gasteiger partial charge is 0.381 e. The number of rotatable bonds is 3. The van der Waals surface area contributed by atoms with Crippen molar-refractivity contribution in [2.45, 2.75) is 13.5 Å². The molecule has 0 aliphatic carbocycles. The second-order valence-corrected chi connectivity index (χ2v) is 5.58. The Bertz CT molecular complexity index is 581. The molecule has 3 nitrogen and oxygen atoms in total. The number of anilines is 1. The standard InChI is InChI=1S/C12H12BrCl2N3/c1-7-9(12(15)18(2)17-7)6-16-8-3-4-10(13)11(14)5-8/h3-5,16H,6H2,1-2H3. The molecule has 0 bridgehead atoms. The third-order valence-corrected chi connectivity index (χ3v) is 4.36. The van der Waals surface area contributed by atoms with Gasteiger partial charge in [0.05, 0.1) is 10.7 Å². The molecule has 0 aliphatic rings. The molecule has 1 N–H and O–H groups in total. The average molecular weight is 349 g/mol. The highest BCUT2D eigenvalue weighted by molar-refractivity contribution is 9.10. The van der Waals surface area contributed by atoms with E-state index in [-0.39, 0.29) is 0 Å². The minimum atomic E-state index is 0.621. The summed E-state index contributed by atoms with van der Waals surface area (Å²) in [4.78, 5) is 0. The van der Waals surface area contributed by atoms with E-state index < -0.39 is 0 Å². The summed E-state index contributed by atoms with van der Waals surface area (Å²) >= 11 is 15.6. The van der Waals surface area contributed by atoms with Crippen molar-refractivity contribution in [3.05, 3.63) is 44.1 Å². The normalized spacial score (nSPS) is 10.7. The zero-order valence-electron chi connectivity index (χ0n) is 9.97. The number of hydrogen-bond donors (Lipinski definition) is 1. The summed E-state index contributed by atoms with van der Waals surface area (Å²) in [5, 5.41) is 8.88. The monoisotopic (exact) mass is 347 g/mol. The molecule has 0 unspecified atom stereocenters. The van der Waals surface area contributed by atoms with Crippen LogP contribution >= 0.6 is 39.1 Å². The lowest BCUT2D eigenvalue weighted by molar-refractivity contribution is 0.757. The third-order valence-electron chi connectivity index (χ3n) is 2.66. The van der Waals surface area contributed by atoms with Gasteiger partial charge in [-0.25, -0.2) is 0 Å². The van der Waals surface area contributed by atoms with Crippen LogP contribution in [0.5, 0.6) is 0 Å². The van der Waals surface area contributed by atoms with Gasteiger partial charge >= 0.3 is 0 Å². The number of halogens is 3. The number of nitrogens with one attached hydrogen (secondary N) is 1. The number of hydrogen-bond acceptors (Lipinski definition) is 2. The van der Waals surface area contributed by atoms with E-state index in [0.29, 0.717) is 16.7 Å². The minimum absolute atomic E-state index is 0.621. The Balaban J connectivity index is 2.14. The third kappa shape index (κ3) is 2.82. The van der Waals surface area contributed by atoms with Crippen LogP contribution in [0.15, 0.2) is 22.7 Å². The van der Waals surface area contributed by atoms with Gasteiger partial charge in [-0.3, -0.25) is 4.68 Å². The quantitative estimate of drug-likeness (QED) is 0.890. The van der Waals surface area contributed by atoms with Crippen molar-refractivity contribution in [3.63, 3.8) is 0 Å². The van der Waals surface area contributed by atoms with E-state index >= 15 is 0 Å². The molecule has 0 fully saturated rings. The van der Waals surface area contributed by atoms with E-state index in [4.69, 9.17) is 23.2 Å². The molecule has 2 rings (SSSR count). The Kier molecular flexibility index (Phi) is 4.20. The van der Waals surface area contributed by atoms with Gasteiger partial charge < -0.3 is 5.32 Å². The van der Waals surface area contributed by atoms with Gasteiger partial charge in [-0.05, 0) is 41.1 Å². The van der Waals surface area contributed by atoms with Crippen LogP contribution in [0.4, 0.5) is 5.69 Å². The first-order valence-corrected chi connectivity index (χ1v) is 6.91. The van der Waals surface area contributed by atoms with Gasteiger partial charge in [0.1, 0.15) is 5.15 Å². The summed E-state index contributed by atoms with van der Waals surface area (Å²) in [6, 6.07) is 5.73. The van der Waals surface area contributed by atoms with E-state index in [0.717, 1.165) is 21.4 Å². The molecule has 6 heteroatoms. The molecular formula is C12H12BrCl2N3. The molecule has 0 aliphatic heterocycles. The van der Waals surface area contributed by atoms with Crippen molar-refractivity contribution in [2.24, 2.45) is 7.05 Å². The van der Waals surface area contributed by atoms with Gasteiger partial charge in [0.25, 0.3) is 0 Å². The van der Waals surface area contributed by atoms with E-state index in [9.17, 15) is 0 Å². The molecule has 1 heterocycles. The van der Waals surface area contributed by atoms with Crippen LogP contribution in [0.1, 0.15) is 11.3 Å². The SMILES string of the molecule is Cc1nn(C)c(Cl)c1CNc1ccc(Br)c(Cl)c1. The molecule has 1 aromatic heterocycles. The van der Waals surface area contributed by atoms with Gasteiger partial charge in [0, 0.05) is 29.3 Å². The predicted molar refractivity (Wildman–Crippen MR) is 79.4 cm³/mol. The highest BCUT2D eigenvalue weighted by Gasteiger charge is 2.10. The van der Waals surface area contributed by atoms with Crippen molar-refractivity contribution >= 4 is 44.8 Å². The van der Waals surface area contributed by atoms with Crippen LogP contribution in [0.25, 0.3) is 0 Å². The Morgan fingerprint density at radius 1 is 1.39 bits per heavy atom. The van der Waals surface area contributed by atoms with Crippen molar-refractivity contribution in [1.82, 2.24) is 9.78 Å². The zero-order valence-corrected chi connectivity index (χ0v) is 13.1. The molecule has 0 saturated heterocycles. The van der Waals surface area contributed by atoms with Crippen molar-refractivity contribution in [2.75, 3.05) is 5.32 Å². The fourth-order valence-corrected chi connectivity index (χ4v) is 2.34. The molecule has 2 aromatic rings. The van der Waals surface area contributed by atoms with E-state index in [1.54, 1.807) is 4.68 Å². The van der Waals surface area contributed by atoms with Crippen molar-refractivity contribution in [1.29, 1.82) is 0 Å². The Hall–Kier alpha value is -0.710. The molecule has 0 saturated carbocycles. The number of aromatic nitrogens is 2. The van der Waals surface area contributed by atoms with Crippen LogP contribution in [-0.2, 0) is 13.6 Å². The van der Waals surface area contributed by atoms with Gasteiger partial charge in [-0.1, -0.05) is 23.2 Å². The Morgan fingerprint density at radius 3 is 2.67 bits per heavy atom. The topological polar surface area (TPSA) is 29.9 Å². The summed E-state index contributed by atoms with van der Waals surface area (Å²) in [5.41, 5.74) is 2.87. The number of benzene rings is 1. The maximum absolute atomic E-state index is 6.16. The number of aryl methyl sites for hydroxylation is 2. The summed E-state index contributed by atoms with van der Waals surface area (Å²) < 4.78 is 2.55. The maximum atomic E-state index is 6.16. The predicted octanol–water partition coefficient (Wildman–Crippen LogP) is 4.41. The van der Waals surface area contributed by atoms with E-state index in [1.807, 2.05) is 32.2 Å². The molecule has 1 aromatic carbocycles. The highest BCUT2D eigenvalue weighted by atomic mass is 79.9. The highest BCUT2D eigenvalue weighted by Crippen LogP contribution is 2.26. The second kappa shape index (κ2) is 5.51. The first kappa shape index (κ1) is 13.7. The van der Waals surface area contributed by atoms with Crippen molar-refractivity contribution in [3.8, 4) is 0 Å². The first-order chi connectivity index (χ1) is 8.49. The zero-order chi connectivity index (χ0) is 13.3. The van der Waals surface area contributed by atoms with Gasteiger partial charge in [0.2, 0.25) is 0 Å². The molecule has 0 amide bonds. The van der Waals surface area contributed by atoms with Crippen LogP contribution < -0.4 is 5.32 Å². The Labute approximate surface area is 124 Å². The second-order valence-electron chi connectivity index (χ2n) is 3.96. The summed E-state index contributed by atoms with van der Waals surface area (Å²) in [7, 11) is 1.83. The smallest absolute Gasteiger partial charge is 0.131 e. The molecule has 96 valence electrons. The summed E-state index contributed by atoms with van der Waals surface area (Å²) in [6.07, 6.45) is 0. The first-order valence-electron chi connectivity index (χ1n) is 5.36. The van der Waals surface area contributed by atoms with Crippen LogP contribution in [0.2, 0.25) is 10.2 Å². The van der Waals surface area contributed by atoms with Gasteiger partial charge in [-0.15, -0.1) is 0 Å². The molecule has 0 radical (unpaired) electrons. The molecule has 0 atom stereocenters. The maximum Gasteiger partial charge on any atom is 0.131 e. The van der Waals surface area contributed by atoms with E-state index in [2.05, 4.69) is 26.3 Å². The van der Waals surface area contributed by atoms with Gasteiger partial charge in [-0.2, -0.15) is 5.10 Å². The van der Waals surface area contributed by atoms with Crippen LogP contribution in [0, 0.1) is 6.92 Å². The lowest BCUT2D eigenvalue weighted by Crippen LogP contribution is -2.00.